The zero-order chi connectivity index (χ0) is 13.0. The molecule has 0 aliphatic rings. The van der Waals surface area contributed by atoms with Crippen LogP contribution in [0.25, 0.3) is 0 Å². The Morgan fingerprint density at radius 3 is 2.72 bits per heavy atom. The van der Waals surface area contributed by atoms with Crippen LogP contribution in [0.3, 0.4) is 0 Å². The van der Waals surface area contributed by atoms with Crippen LogP contribution in [0.2, 0.25) is 0 Å². The summed E-state index contributed by atoms with van der Waals surface area (Å²) < 4.78 is 6.14. The standard InChI is InChI=1S/C15H19NOS/c1-11-5-3-6-13(12(11)2)17-14(8-9-16)15-7-4-10-18-15/h3-7,10,14H,8-9,16H2,1-2H3. The van der Waals surface area contributed by atoms with Gasteiger partial charge in [-0.15, -0.1) is 11.3 Å². The molecule has 2 aromatic rings. The van der Waals surface area contributed by atoms with E-state index in [-0.39, 0.29) is 6.10 Å². The van der Waals surface area contributed by atoms with E-state index in [1.54, 1.807) is 11.3 Å². The third-order valence-electron chi connectivity index (χ3n) is 3.11. The predicted molar refractivity (Wildman–Crippen MR) is 77.3 cm³/mol. The van der Waals surface area contributed by atoms with Crippen LogP contribution in [-0.2, 0) is 0 Å². The molecule has 18 heavy (non-hydrogen) atoms. The van der Waals surface area contributed by atoms with E-state index in [0.29, 0.717) is 6.54 Å². The van der Waals surface area contributed by atoms with Crippen LogP contribution in [0.1, 0.15) is 28.5 Å². The number of rotatable bonds is 5. The molecule has 0 saturated carbocycles. The van der Waals surface area contributed by atoms with Crippen molar-refractivity contribution in [3.63, 3.8) is 0 Å². The fraction of sp³-hybridized carbons (Fsp3) is 0.333. The van der Waals surface area contributed by atoms with Crippen LogP contribution < -0.4 is 10.5 Å². The van der Waals surface area contributed by atoms with E-state index in [2.05, 4.69) is 37.4 Å². The third kappa shape index (κ3) is 2.92. The van der Waals surface area contributed by atoms with Crippen molar-refractivity contribution in [2.24, 2.45) is 5.73 Å². The van der Waals surface area contributed by atoms with E-state index in [1.165, 1.54) is 16.0 Å². The van der Waals surface area contributed by atoms with Gasteiger partial charge >= 0.3 is 0 Å². The Morgan fingerprint density at radius 2 is 2.06 bits per heavy atom. The van der Waals surface area contributed by atoms with Gasteiger partial charge in [0, 0.05) is 11.3 Å². The molecule has 0 saturated heterocycles. The number of hydrogen-bond acceptors (Lipinski definition) is 3. The lowest BCUT2D eigenvalue weighted by Gasteiger charge is -2.19. The number of thiophene rings is 1. The van der Waals surface area contributed by atoms with Crippen LogP contribution in [0, 0.1) is 13.8 Å². The first-order valence-corrected chi connectivity index (χ1v) is 7.06. The number of nitrogens with two attached hydrogens (primary N) is 1. The Labute approximate surface area is 112 Å². The molecule has 1 aromatic carbocycles. The van der Waals surface area contributed by atoms with Gasteiger partial charge in [0.05, 0.1) is 0 Å². The molecule has 0 aliphatic heterocycles. The predicted octanol–water partition coefficient (Wildman–Crippen LogP) is 3.83. The van der Waals surface area contributed by atoms with E-state index < -0.39 is 0 Å². The van der Waals surface area contributed by atoms with E-state index in [1.807, 2.05) is 12.1 Å². The second-order valence-electron chi connectivity index (χ2n) is 4.40. The molecule has 0 bridgehead atoms. The molecule has 0 spiro atoms. The molecule has 2 nitrogen and oxygen atoms in total. The van der Waals surface area contributed by atoms with Gasteiger partial charge in [-0.05, 0) is 49.0 Å². The van der Waals surface area contributed by atoms with Gasteiger partial charge in [0.1, 0.15) is 11.9 Å². The molecular formula is C15H19NOS. The molecule has 1 aromatic heterocycles. The van der Waals surface area contributed by atoms with Crippen molar-refractivity contribution in [3.05, 3.63) is 51.7 Å². The summed E-state index contributed by atoms with van der Waals surface area (Å²) in [5.41, 5.74) is 8.14. The first-order chi connectivity index (χ1) is 8.72. The summed E-state index contributed by atoms with van der Waals surface area (Å²) in [5, 5.41) is 2.07. The quantitative estimate of drug-likeness (QED) is 0.887. The number of aryl methyl sites for hydroxylation is 1. The van der Waals surface area contributed by atoms with Crippen molar-refractivity contribution < 1.29 is 4.74 Å². The Balaban J connectivity index is 2.21. The van der Waals surface area contributed by atoms with Crippen LogP contribution in [0.5, 0.6) is 5.75 Å². The lowest BCUT2D eigenvalue weighted by molar-refractivity contribution is 0.200. The summed E-state index contributed by atoms with van der Waals surface area (Å²) >= 11 is 1.72. The zero-order valence-corrected chi connectivity index (χ0v) is 11.7. The van der Waals surface area contributed by atoms with Crippen molar-refractivity contribution >= 4 is 11.3 Å². The highest BCUT2D eigenvalue weighted by Crippen LogP contribution is 2.30. The summed E-state index contributed by atoms with van der Waals surface area (Å²) in [6, 6.07) is 10.3. The maximum atomic E-state index is 6.14. The third-order valence-corrected chi connectivity index (χ3v) is 4.08. The molecule has 2 N–H and O–H groups in total. The van der Waals surface area contributed by atoms with E-state index in [4.69, 9.17) is 10.5 Å². The molecule has 0 aliphatic carbocycles. The second kappa shape index (κ2) is 6.03. The van der Waals surface area contributed by atoms with Crippen molar-refractivity contribution in [3.8, 4) is 5.75 Å². The molecule has 96 valence electrons. The average Bonchev–Trinajstić information content (AvgIpc) is 2.88. The molecular weight excluding hydrogens is 242 g/mol. The van der Waals surface area contributed by atoms with E-state index in [0.717, 1.165) is 12.2 Å². The lowest BCUT2D eigenvalue weighted by Crippen LogP contribution is -2.12. The lowest BCUT2D eigenvalue weighted by atomic mass is 10.1. The van der Waals surface area contributed by atoms with Gasteiger partial charge in [-0.25, -0.2) is 0 Å². The second-order valence-corrected chi connectivity index (χ2v) is 5.38. The topological polar surface area (TPSA) is 35.2 Å². The van der Waals surface area contributed by atoms with Crippen molar-refractivity contribution in [1.29, 1.82) is 0 Å². The summed E-state index contributed by atoms with van der Waals surface area (Å²) in [6.07, 6.45) is 0.906. The van der Waals surface area contributed by atoms with Gasteiger partial charge in [-0.3, -0.25) is 0 Å². The fourth-order valence-electron chi connectivity index (χ4n) is 1.89. The van der Waals surface area contributed by atoms with Crippen molar-refractivity contribution in [2.45, 2.75) is 26.4 Å². The Hall–Kier alpha value is -1.32. The molecule has 1 unspecified atom stereocenters. The minimum absolute atomic E-state index is 0.0653. The first kappa shape index (κ1) is 13.1. The molecule has 1 heterocycles. The molecule has 0 amide bonds. The van der Waals surface area contributed by atoms with Crippen LogP contribution in [-0.4, -0.2) is 6.54 Å². The highest BCUT2D eigenvalue weighted by atomic mass is 32.1. The normalized spacial score (nSPS) is 12.4. The van der Waals surface area contributed by atoms with Gasteiger partial charge in [0.25, 0.3) is 0 Å². The molecule has 2 rings (SSSR count). The van der Waals surface area contributed by atoms with Crippen LogP contribution in [0.15, 0.2) is 35.7 Å². The first-order valence-electron chi connectivity index (χ1n) is 6.18. The van der Waals surface area contributed by atoms with Crippen molar-refractivity contribution in [1.82, 2.24) is 0 Å². The Kier molecular flexibility index (Phi) is 4.39. The number of hydrogen-bond donors (Lipinski definition) is 1. The van der Waals surface area contributed by atoms with Gasteiger partial charge in [-0.1, -0.05) is 18.2 Å². The fourth-order valence-corrected chi connectivity index (χ4v) is 2.68. The van der Waals surface area contributed by atoms with E-state index >= 15 is 0 Å². The summed E-state index contributed by atoms with van der Waals surface area (Å²) in [7, 11) is 0. The Morgan fingerprint density at radius 1 is 1.22 bits per heavy atom. The summed E-state index contributed by atoms with van der Waals surface area (Å²) in [6.45, 7) is 4.83. The monoisotopic (exact) mass is 261 g/mol. The zero-order valence-electron chi connectivity index (χ0n) is 10.8. The molecule has 1 atom stereocenters. The summed E-state index contributed by atoms with van der Waals surface area (Å²) in [4.78, 5) is 1.24. The van der Waals surface area contributed by atoms with Crippen LogP contribution >= 0.6 is 11.3 Å². The minimum Gasteiger partial charge on any atom is -0.485 e. The van der Waals surface area contributed by atoms with Crippen molar-refractivity contribution in [2.75, 3.05) is 6.54 Å². The van der Waals surface area contributed by atoms with Gasteiger partial charge in [0.15, 0.2) is 0 Å². The van der Waals surface area contributed by atoms with Gasteiger partial charge in [-0.2, -0.15) is 0 Å². The highest BCUT2D eigenvalue weighted by Gasteiger charge is 2.15. The van der Waals surface area contributed by atoms with Gasteiger partial charge in [0.2, 0.25) is 0 Å². The number of benzene rings is 1. The van der Waals surface area contributed by atoms with Gasteiger partial charge < -0.3 is 10.5 Å². The number of ether oxygens (including phenoxy) is 1. The van der Waals surface area contributed by atoms with E-state index in [9.17, 15) is 0 Å². The largest absolute Gasteiger partial charge is 0.485 e. The molecule has 0 radical (unpaired) electrons. The maximum Gasteiger partial charge on any atom is 0.134 e. The molecule has 0 fully saturated rings. The highest BCUT2D eigenvalue weighted by molar-refractivity contribution is 7.10. The SMILES string of the molecule is Cc1cccc(OC(CCN)c2cccs2)c1C. The Bertz CT molecular complexity index is 493. The smallest absolute Gasteiger partial charge is 0.134 e. The minimum atomic E-state index is 0.0653. The maximum absolute atomic E-state index is 6.14. The molecule has 3 heteroatoms. The summed E-state index contributed by atoms with van der Waals surface area (Å²) in [5.74, 6) is 0.960. The van der Waals surface area contributed by atoms with Crippen LogP contribution in [0.4, 0.5) is 0 Å². The average molecular weight is 261 g/mol.